The summed E-state index contributed by atoms with van der Waals surface area (Å²) in [6.45, 7) is 1.72. The van der Waals surface area contributed by atoms with E-state index in [1.54, 1.807) is 20.0 Å². The molecular weight excluding hydrogens is 255 g/mol. The molecule has 0 spiro atoms. The fourth-order valence-corrected chi connectivity index (χ4v) is 2.16. The highest BCUT2D eigenvalue weighted by atomic mass is 19.4. The van der Waals surface area contributed by atoms with E-state index in [1.807, 2.05) is 0 Å². The van der Waals surface area contributed by atoms with Gasteiger partial charge in [0.1, 0.15) is 0 Å². The van der Waals surface area contributed by atoms with E-state index in [0.717, 1.165) is 6.07 Å². The van der Waals surface area contributed by atoms with Gasteiger partial charge in [0, 0.05) is 18.7 Å². The fourth-order valence-electron chi connectivity index (χ4n) is 2.16. The van der Waals surface area contributed by atoms with E-state index in [2.05, 4.69) is 5.10 Å². The molecule has 0 bridgehead atoms. The summed E-state index contributed by atoms with van der Waals surface area (Å²) < 4.78 is 40.6. The second-order valence-corrected chi connectivity index (χ2v) is 4.40. The van der Waals surface area contributed by atoms with Gasteiger partial charge in [0.15, 0.2) is 0 Å². The standard InChI is InChI=1S/C13H14F3N3/c1-8(17)12-10(7-18-19(12)2)9-5-3-4-6-11(9)13(14,15)16/h3-8H,17H2,1-2H3. The summed E-state index contributed by atoms with van der Waals surface area (Å²) in [4.78, 5) is 0. The smallest absolute Gasteiger partial charge is 0.323 e. The third-order valence-electron chi connectivity index (χ3n) is 2.94. The Morgan fingerprint density at radius 2 is 1.84 bits per heavy atom. The summed E-state index contributed by atoms with van der Waals surface area (Å²) in [5, 5.41) is 4.01. The maximum Gasteiger partial charge on any atom is 0.417 e. The van der Waals surface area contributed by atoms with Crippen molar-refractivity contribution in [2.75, 3.05) is 0 Å². The van der Waals surface area contributed by atoms with Gasteiger partial charge >= 0.3 is 6.18 Å². The topological polar surface area (TPSA) is 43.8 Å². The van der Waals surface area contributed by atoms with E-state index >= 15 is 0 Å². The molecule has 0 aliphatic carbocycles. The average Bonchev–Trinajstić information content (AvgIpc) is 2.70. The number of hydrogen-bond acceptors (Lipinski definition) is 2. The molecule has 3 nitrogen and oxygen atoms in total. The minimum Gasteiger partial charge on any atom is -0.323 e. The van der Waals surface area contributed by atoms with Crippen molar-refractivity contribution in [3.8, 4) is 11.1 Å². The Hall–Kier alpha value is -1.82. The molecule has 0 radical (unpaired) electrons. The molecule has 0 fully saturated rings. The van der Waals surface area contributed by atoms with E-state index in [1.165, 1.54) is 23.0 Å². The Labute approximate surface area is 108 Å². The highest BCUT2D eigenvalue weighted by Crippen LogP contribution is 2.38. The first-order chi connectivity index (χ1) is 8.82. The van der Waals surface area contributed by atoms with Gasteiger partial charge in [0.05, 0.1) is 17.5 Å². The Kier molecular flexibility index (Phi) is 3.36. The molecule has 1 aromatic carbocycles. The molecule has 0 amide bonds. The van der Waals surface area contributed by atoms with Crippen molar-refractivity contribution >= 4 is 0 Å². The molecule has 2 N–H and O–H groups in total. The third-order valence-corrected chi connectivity index (χ3v) is 2.94. The summed E-state index contributed by atoms with van der Waals surface area (Å²) in [6.07, 6.45) is -2.98. The fraction of sp³-hybridized carbons (Fsp3) is 0.308. The van der Waals surface area contributed by atoms with Crippen LogP contribution in [-0.4, -0.2) is 9.78 Å². The number of aromatic nitrogens is 2. The largest absolute Gasteiger partial charge is 0.417 e. The average molecular weight is 269 g/mol. The lowest BCUT2D eigenvalue weighted by atomic mass is 9.98. The number of halogens is 3. The second kappa shape index (κ2) is 4.70. The van der Waals surface area contributed by atoms with Crippen LogP contribution in [0.25, 0.3) is 11.1 Å². The maximum absolute atomic E-state index is 13.0. The Bertz CT molecular complexity index is 585. The molecule has 102 valence electrons. The zero-order valence-electron chi connectivity index (χ0n) is 10.6. The zero-order valence-corrected chi connectivity index (χ0v) is 10.6. The van der Waals surface area contributed by atoms with Crippen molar-refractivity contribution in [2.45, 2.75) is 19.1 Å². The van der Waals surface area contributed by atoms with Crippen LogP contribution in [0, 0.1) is 0 Å². The molecule has 0 aliphatic rings. The quantitative estimate of drug-likeness (QED) is 0.910. The van der Waals surface area contributed by atoms with Crippen LogP contribution in [0.15, 0.2) is 30.5 Å². The maximum atomic E-state index is 13.0. The van der Waals surface area contributed by atoms with E-state index in [0.29, 0.717) is 11.3 Å². The summed E-state index contributed by atoms with van der Waals surface area (Å²) in [6, 6.07) is 5.04. The predicted octanol–water partition coefficient (Wildman–Crippen LogP) is 3.13. The van der Waals surface area contributed by atoms with Crippen LogP contribution in [0.2, 0.25) is 0 Å². The SMILES string of the molecule is CC(N)c1c(-c2ccccc2C(F)(F)F)cnn1C. The highest BCUT2D eigenvalue weighted by molar-refractivity contribution is 5.70. The lowest BCUT2D eigenvalue weighted by Gasteiger charge is -2.14. The summed E-state index contributed by atoms with van der Waals surface area (Å²) >= 11 is 0. The van der Waals surface area contributed by atoms with Crippen molar-refractivity contribution in [2.24, 2.45) is 12.8 Å². The number of nitrogens with two attached hydrogens (primary N) is 1. The molecule has 0 aliphatic heterocycles. The van der Waals surface area contributed by atoms with Crippen molar-refractivity contribution in [3.63, 3.8) is 0 Å². The van der Waals surface area contributed by atoms with Crippen LogP contribution >= 0.6 is 0 Å². The van der Waals surface area contributed by atoms with Gasteiger partial charge in [-0.2, -0.15) is 18.3 Å². The van der Waals surface area contributed by atoms with E-state index in [9.17, 15) is 13.2 Å². The minimum absolute atomic E-state index is 0.107. The van der Waals surface area contributed by atoms with E-state index < -0.39 is 17.8 Å². The number of benzene rings is 1. The molecule has 19 heavy (non-hydrogen) atoms. The van der Waals surface area contributed by atoms with Crippen LogP contribution in [0.4, 0.5) is 13.2 Å². The van der Waals surface area contributed by atoms with Gasteiger partial charge < -0.3 is 5.73 Å². The van der Waals surface area contributed by atoms with Gasteiger partial charge in [-0.25, -0.2) is 0 Å². The summed E-state index contributed by atoms with van der Waals surface area (Å²) in [7, 11) is 1.67. The van der Waals surface area contributed by atoms with Gasteiger partial charge in [-0.3, -0.25) is 4.68 Å². The molecule has 0 saturated heterocycles. The highest BCUT2D eigenvalue weighted by Gasteiger charge is 2.34. The number of aryl methyl sites for hydroxylation is 1. The van der Waals surface area contributed by atoms with Crippen LogP contribution in [0.5, 0.6) is 0 Å². The van der Waals surface area contributed by atoms with Crippen LogP contribution in [-0.2, 0) is 13.2 Å². The van der Waals surface area contributed by atoms with Crippen molar-refractivity contribution in [3.05, 3.63) is 41.7 Å². The molecule has 1 aromatic heterocycles. The zero-order chi connectivity index (χ0) is 14.2. The minimum atomic E-state index is -4.40. The van der Waals surface area contributed by atoms with Gasteiger partial charge in [0.2, 0.25) is 0 Å². The predicted molar refractivity (Wildman–Crippen MR) is 66.2 cm³/mol. The van der Waals surface area contributed by atoms with E-state index in [4.69, 9.17) is 5.73 Å². The summed E-state index contributed by atoms with van der Waals surface area (Å²) in [5.41, 5.74) is 6.25. The van der Waals surface area contributed by atoms with Crippen molar-refractivity contribution < 1.29 is 13.2 Å². The van der Waals surface area contributed by atoms with Gasteiger partial charge in [0.25, 0.3) is 0 Å². The molecule has 1 heterocycles. The van der Waals surface area contributed by atoms with Crippen molar-refractivity contribution in [1.82, 2.24) is 9.78 Å². The first-order valence-electron chi connectivity index (χ1n) is 5.76. The molecular formula is C13H14F3N3. The first-order valence-corrected chi connectivity index (χ1v) is 5.76. The van der Waals surface area contributed by atoms with Crippen LogP contribution in [0.1, 0.15) is 24.2 Å². The van der Waals surface area contributed by atoms with Gasteiger partial charge in [-0.15, -0.1) is 0 Å². The first kappa shape index (κ1) is 13.6. The molecule has 2 aromatic rings. The lowest BCUT2D eigenvalue weighted by molar-refractivity contribution is -0.137. The van der Waals surface area contributed by atoms with E-state index in [-0.39, 0.29) is 5.56 Å². The third kappa shape index (κ3) is 2.49. The van der Waals surface area contributed by atoms with Gasteiger partial charge in [-0.05, 0) is 18.6 Å². The molecule has 1 unspecified atom stereocenters. The monoisotopic (exact) mass is 269 g/mol. The Morgan fingerprint density at radius 3 is 2.42 bits per heavy atom. The number of nitrogens with zero attached hydrogens (tertiary/aromatic N) is 2. The van der Waals surface area contributed by atoms with Crippen LogP contribution in [0.3, 0.4) is 0 Å². The molecule has 1 atom stereocenters. The van der Waals surface area contributed by atoms with Crippen LogP contribution < -0.4 is 5.73 Å². The van der Waals surface area contributed by atoms with Gasteiger partial charge in [-0.1, -0.05) is 18.2 Å². The normalized spacial score (nSPS) is 13.6. The lowest BCUT2D eigenvalue weighted by Crippen LogP contribution is -2.13. The molecule has 0 saturated carbocycles. The number of alkyl halides is 3. The molecule has 6 heteroatoms. The second-order valence-electron chi connectivity index (χ2n) is 4.40. The number of hydrogen-bond donors (Lipinski definition) is 1. The Balaban J connectivity index is 2.67. The Morgan fingerprint density at radius 1 is 1.21 bits per heavy atom. The number of rotatable bonds is 2. The molecule has 2 rings (SSSR count). The van der Waals surface area contributed by atoms with Crippen molar-refractivity contribution in [1.29, 1.82) is 0 Å². The summed E-state index contributed by atoms with van der Waals surface area (Å²) in [5.74, 6) is 0.